The lowest BCUT2D eigenvalue weighted by Gasteiger charge is -2.28. The van der Waals surface area contributed by atoms with E-state index < -0.39 is 0 Å². The predicted molar refractivity (Wildman–Crippen MR) is 229 cm³/mol. The molecule has 0 fully saturated rings. The summed E-state index contributed by atoms with van der Waals surface area (Å²) >= 11 is 1.90. The van der Waals surface area contributed by atoms with Gasteiger partial charge in [0.15, 0.2) is 0 Å². The quantitative estimate of drug-likeness (QED) is 0.114. The maximum absolute atomic E-state index is 2.42. The van der Waals surface area contributed by atoms with Crippen LogP contribution in [-0.4, -0.2) is 6.26 Å². The van der Waals surface area contributed by atoms with Crippen molar-refractivity contribution in [2.75, 3.05) is 6.26 Å². The zero-order valence-electron chi connectivity index (χ0n) is 31.7. The molecule has 6 aromatic rings. The van der Waals surface area contributed by atoms with Crippen LogP contribution in [0.2, 0.25) is 0 Å². The van der Waals surface area contributed by atoms with Gasteiger partial charge in [0.1, 0.15) is 0 Å². The molecular formula is C50H52S. The standard InChI is InChI=1S/C48H46S.C2H6/c1-7-8-9-11-18-31(2)44-32(3)33(4)45(34(5)48(44)49-6)47-42-23-16-14-21-40(42)46(41-22-15-17-24-43(41)47)39-28-27-37-29-36(25-26-38(37)30-39)35-19-12-10-13-20-35;1-2/h8-14,16-21,23-31H,7,15,22H2,1-6H3;1-2H3/b9-8-,18-11-;. The van der Waals surface area contributed by atoms with Gasteiger partial charge in [-0.3, -0.25) is 0 Å². The summed E-state index contributed by atoms with van der Waals surface area (Å²) in [6.07, 6.45) is 19.2. The van der Waals surface area contributed by atoms with Crippen molar-refractivity contribution in [1.29, 1.82) is 0 Å². The Morgan fingerprint density at radius 1 is 0.686 bits per heavy atom. The van der Waals surface area contributed by atoms with E-state index >= 15 is 0 Å². The molecule has 7 rings (SSSR count). The van der Waals surface area contributed by atoms with E-state index in [2.05, 4.69) is 168 Å². The summed E-state index contributed by atoms with van der Waals surface area (Å²) in [6.45, 7) is 15.6. The smallest absolute Gasteiger partial charge is 0.0145 e. The molecule has 0 radical (unpaired) electrons. The summed E-state index contributed by atoms with van der Waals surface area (Å²) in [5.74, 6) is 0.333. The van der Waals surface area contributed by atoms with E-state index in [4.69, 9.17) is 0 Å². The van der Waals surface area contributed by atoms with Crippen LogP contribution in [0.5, 0.6) is 0 Å². The molecule has 1 aliphatic carbocycles. The molecule has 1 aliphatic rings. The zero-order valence-corrected chi connectivity index (χ0v) is 32.5. The van der Waals surface area contributed by atoms with Crippen LogP contribution in [0.15, 0.2) is 126 Å². The first-order valence-corrected chi connectivity index (χ1v) is 20.0. The van der Waals surface area contributed by atoms with Gasteiger partial charge in [-0.1, -0.05) is 143 Å². The topological polar surface area (TPSA) is 0 Å². The molecule has 0 amide bonds. The molecule has 0 heterocycles. The number of hydrogen-bond acceptors (Lipinski definition) is 1. The fraction of sp³-hybridized carbons (Fsp3) is 0.240. The second-order valence-electron chi connectivity index (χ2n) is 13.5. The Morgan fingerprint density at radius 2 is 1.33 bits per heavy atom. The van der Waals surface area contributed by atoms with Crippen LogP contribution in [-0.2, 0) is 6.42 Å². The number of thioether (sulfide) groups is 1. The van der Waals surface area contributed by atoms with Gasteiger partial charge in [-0.25, -0.2) is 0 Å². The van der Waals surface area contributed by atoms with E-state index in [0.29, 0.717) is 5.92 Å². The number of hydrogen-bond donors (Lipinski definition) is 0. The fourth-order valence-corrected chi connectivity index (χ4v) is 9.05. The van der Waals surface area contributed by atoms with Gasteiger partial charge in [-0.05, 0) is 147 Å². The monoisotopic (exact) mass is 684 g/mol. The Balaban J connectivity index is 0.00000220. The summed E-state index contributed by atoms with van der Waals surface area (Å²) in [6, 6.07) is 33.8. The highest BCUT2D eigenvalue weighted by Crippen LogP contribution is 2.49. The Kier molecular flexibility index (Phi) is 11.5. The normalized spacial score (nSPS) is 13.2. The van der Waals surface area contributed by atoms with Crippen LogP contribution < -0.4 is 0 Å². The molecule has 0 N–H and O–H groups in total. The lowest BCUT2D eigenvalue weighted by Crippen LogP contribution is -2.08. The Morgan fingerprint density at radius 3 is 2.02 bits per heavy atom. The van der Waals surface area contributed by atoms with Crippen molar-refractivity contribution >= 4 is 39.4 Å². The van der Waals surface area contributed by atoms with E-state index in [1.807, 2.05) is 25.6 Å². The van der Waals surface area contributed by atoms with Gasteiger partial charge in [0.2, 0.25) is 0 Å². The predicted octanol–water partition coefficient (Wildman–Crippen LogP) is 15.3. The summed E-state index contributed by atoms with van der Waals surface area (Å²) < 4.78 is 0. The summed E-state index contributed by atoms with van der Waals surface area (Å²) in [7, 11) is 0. The number of allylic oxidation sites excluding steroid dienone is 5. The van der Waals surface area contributed by atoms with Crippen LogP contribution >= 0.6 is 11.8 Å². The average molecular weight is 685 g/mol. The van der Waals surface area contributed by atoms with Crippen molar-refractivity contribution in [3.05, 3.63) is 155 Å². The fourth-order valence-electron chi connectivity index (χ4n) is 8.08. The molecular weight excluding hydrogens is 633 g/mol. The van der Waals surface area contributed by atoms with Crippen molar-refractivity contribution in [1.82, 2.24) is 0 Å². The van der Waals surface area contributed by atoms with Crippen LogP contribution in [0.4, 0.5) is 0 Å². The summed E-state index contributed by atoms with van der Waals surface area (Å²) in [5.41, 5.74) is 16.5. The van der Waals surface area contributed by atoms with Gasteiger partial charge in [-0.15, -0.1) is 11.8 Å². The highest BCUT2D eigenvalue weighted by Gasteiger charge is 2.27. The molecule has 258 valence electrons. The molecule has 1 atom stereocenters. The first-order valence-electron chi connectivity index (χ1n) is 18.8. The molecule has 0 bridgehead atoms. The Bertz CT molecular complexity index is 2280. The summed E-state index contributed by atoms with van der Waals surface area (Å²) in [5, 5.41) is 5.24. The van der Waals surface area contributed by atoms with E-state index in [-0.39, 0.29) is 0 Å². The molecule has 1 heteroatoms. The van der Waals surface area contributed by atoms with E-state index in [9.17, 15) is 0 Å². The minimum absolute atomic E-state index is 0.333. The van der Waals surface area contributed by atoms with Crippen molar-refractivity contribution in [3.63, 3.8) is 0 Å². The molecule has 0 aromatic heterocycles. The molecule has 1 unspecified atom stereocenters. The van der Waals surface area contributed by atoms with Gasteiger partial charge in [-0.2, -0.15) is 0 Å². The van der Waals surface area contributed by atoms with Gasteiger partial charge in [0.25, 0.3) is 0 Å². The highest BCUT2D eigenvalue weighted by molar-refractivity contribution is 7.98. The molecule has 0 saturated carbocycles. The SMILES string of the molecule is CC.CC/C=C\C=C/C(C)c1c(C)c(C)c(-c2c3c(c(-c4ccc5cc(-c6ccccc6)ccc5c4)c4ccccc24)CCC=C3)c(C)c1SC. The second kappa shape index (κ2) is 16.2. The largest absolute Gasteiger partial charge is 0.129 e. The molecule has 0 saturated heterocycles. The van der Waals surface area contributed by atoms with Gasteiger partial charge >= 0.3 is 0 Å². The van der Waals surface area contributed by atoms with Crippen molar-refractivity contribution in [2.24, 2.45) is 0 Å². The molecule has 0 nitrogen and oxygen atoms in total. The molecule has 0 spiro atoms. The third kappa shape index (κ3) is 6.89. The number of rotatable bonds is 8. The maximum atomic E-state index is 2.42. The average Bonchev–Trinajstić information content (AvgIpc) is 3.18. The van der Waals surface area contributed by atoms with Crippen molar-refractivity contribution in [3.8, 4) is 33.4 Å². The van der Waals surface area contributed by atoms with Crippen LogP contribution in [0, 0.1) is 20.8 Å². The molecule has 6 aromatic carbocycles. The van der Waals surface area contributed by atoms with E-state index in [1.54, 1.807) is 0 Å². The first kappa shape index (κ1) is 36.2. The van der Waals surface area contributed by atoms with Crippen molar-refractivity contribution in [2.45, 2.75) is 78.5 Å². The van der Waals surface area contributed by atoms with Crippen LogP contribution in [0.1, 0.15) is 79.8 Å². The van der Waals surface area contributed by atoms with Gasteiger partial charge in [0.05, 0.1) is 0 Å². The first-order chi connectivity index (χ1) is 24.9. The number of benzene rings is 6. The lowest BCUT2D eigenvalue weighted by atomic mass is 9.77. The molecule has 51 heavy (non-hydrogen) atoms. The Labute approximate surface area is 311 Å². The van der Waals surface area contributed by atoms with Gasteiger partial charge < -0.3 is 0 Å². The Hall–Kier alpha value is -4.59. The van der Waals surface area contributed by atoms with E-state index in [0.717, 1.165) is 19.3 Å². The third-order valence-electron chi connectivity index (χ3n) is 10.5. The van der Waals surface area contributed by atoms with E-state index in [1.165, 1.54) is 93.2 Å². The number of fused-ring (bicyclic) bond motifs is 3. The highest BCUT2D eigenvalue weighted by atomic mass is 32.2. The van der Waals surface area contributed by atoms with Crippen LogP contribution in [0.25, 0.3) is 61.0 Å². The summed E-state index contributed by atoms with van der Waals surface area (Å²) in [4.78, 5) is 1.42. The van der Waals surface area contributed by atoms with Crippen molar-refractivity contribution < 1.29 is 0 Å². The zero-order chi connectivity index (χ0) is 36.1. The lowest BCUT2D eigenvalue weighted by molar-refractivity contribution is 0.905. The minimum Gasteiger partial charge on any atom is -0.129 e. The van der Waals surface area contributed by atoms with Crippen LogP contribution in [0.3, 0.4) is 0 Å². The minimum atomic E-state index is 0.333. The molecule has 0 aliphatic heterocycles. The maximum Gasteiger partial charge on any atom is 0.0145 e. The second-order valence-corrected chi connectivity index (χ2v) is 14.3. The van der Waals surface area contributed by atoms with Gasteiger partial charge in [0, 0.05) is 10.8 Å². The third-order valence-corrected chi connectivity index (χ3v) is 11.5.